The van der Waals surface area contributed by atoms with E-state index in [0.717, 1.165) is 19.5 Å². The number of likely N-dealkylation sites (tertiary alicyclic amines) is 1. The highest BCUT2D eigenvalue weighted by atomic mass is 16.3. The van der Waals surface area contributed by atoms with Crippen molar-refractivity contribution in [1.82, 2.24) is 4.90 Å². The lowest BCUT2D eigenvalue weighted by atomic mass is 9.92. The summed E-state index contributed by atoms with van der Waals surface area (Å²) in [4.78, 5) is 2.37. The number of aliphatic hydroxyl groups excluding tert-OH is 1. The molecule has 1 rings (SSSR count). The van der Waals surface area contributed by atoms with Gasteiger partial charge in [0.2, 0.25) is 0 Å². The number of rotatable bonds is 2. The summed E-state index contributed by atoms with van der Waals surface area (Å²) < 4.78 is 0. The van der Waals surface area contributed by atoms with Gasteiger partial charge in [0.25, 0.3) is 0 Å². The molecule has 0 aliphatic carbocycles. The molecule has 1 saturated heterocycles. The molecule has 0 aromatic heterocycles. The third-order valence-corrected chi connectivity index (χ3v) is 2.80. The molecule has 3 N–H and O–H groups in total. The van der Waals surface area contributed by atoms with Gasteiger partial charge < -0.3 is 10.8 Å². The van der Waals surface area contributed by atoms with E-state index in [1.807, 2.05) is 0 Å². The van der Waals surface area contributed by atoms with E-state index in [1.165, 1.54) is 0 Å². The molecule has 0 spiro atoms. The Bertz CT molecular complexity index is 138. The molecule has 0 saturated carbocycles. The fraction of sp³-hybridized carbons (Fsp3) is 1.00. The van der Waals surface area contributed by atoms with Crippen LogP contribution in [-0.4, -0.2) is 41.8 Å². The molecule has 0 radical (unpaired) electrons. The molecule has 1 fully saturated rings. The summed E-state index contributed by atoms with van der Waals surface area (Å²) in [7, 11) is 0. The third kappa shape index (κ3) is 2.19. The lowest BCUT2D eigenvalue weighted by molar-refractivity contribution is 0.0929. The predicted octanol–water partition coefficient (Wildman–Crippen LogP) is 0.0363. The highest BCUT2D eigenvalue weighted by Gasteiger charge is 2.26. The van der Waals surface area contributed by atoms with Gasteiger partial charge in [0.15, 0.2) is 0 Å². The van der Waals surface area contributed by atoms with Gasteiger partial charge in [-0.2, -0.15) is 0 Å². The van der Waals surface area contributed by atoms with Crippen LogP contribution in [0.3, 0.4) is 0 Å². The Morgan fingerprint density at radius 3 is 2.67 bits per heavy atom. The van der Waals surface area contributed by atoms with Gasteiger partial charge in [-0.05, 0) is 32.7 Å². The SMILES string of the molecule is CC(C)N1CC[C@@H](CO)[C@H](N)C1. The summed E-state index contributed by atoms with van der Waals surface area (Å²) in [6, 6.07) is 0.738. The van der Waals surface area contributed by atoms with Crippen LogP contribution in [0, 0.1) is 5.92 Å². The van der Waals surface area contributed by atoms with Crippen LogP contribution in [0.25, 0.3) is 0 Å². The first-order chi connectivity index (χ1) is 5.65. The third-order valence-electron chi connectivity index (χ3n) is 2.80. The highest BCUT2D eigenvalue weighted by Crippen LogP contribution is 2.17. The molecule has 0 aromatic carbocycles. The van der Waals surface area contributed by atoms with Crippen molar-refractivity contribution in [3.8, 4) is 0 Å². The summed E-state index contributed by atoms with van der Waals surface area (Å²) >= 11 is 0. The molecule has 1 aliphatic heterocycles. The monoisotopic (exact) mass is 172 g/mol. The van der Waals surface area contributed by atoms with Crippen molar-refractivity contribution < 1.29 is 5.11 Å². The molecule has 2 atom stereocenters. The van der Waals surface area contributed by atoms with Crippen molar-refractivity contribution in [2.45, 2.75) is 32.4 Å². The van der Waals surface area contributed by atoms with Crippen molar-refractivity contribution in [2.75, 3.05) is 19.7 Å². The van der Waals surface area contributed by atoms with Crippen molar-refractivity contribution in [3.63, 3.8) is 0 Å². The van der Waals surface area contributed by atoms with Crippen LogP contribution in [0.15, 0.2) is 0 Å². The Labute approximate surface area is 74.5 Å². The van der Waals surface area contributed by atoms with Gasteiger partial charge in [-0.3, -0.25) is 4.90 Å². The molecule has 3 nitrogen and oxygen atoms in total. The first kappa shape index (κ1) is 9.96. The Kier molecular flexibility index (Phi) is 3.50. The lowest BCUT2D eigenvalue weighted by Gasteiger charge is -2.38. The normalized spacial score (nSPS) is 32.8. The molecule has 0 aromatic rings. The number of nitrogens with two attached hydrogens (primary N) is 1. The molecule has 3 heteroatoms. The Balaban J connectivity index is 2.40. The number of nitrogens with zero attached hydrogens (tertiary/aromatic N) is 1. The van der Waals surface area contributed by atoms with Crippen LogP contribution in [0.5, 0.6) is 0 Å². The van der Waals surface area contributed by atoms with Crippen molar-refractivity contribution >= 4 is 0 Å². The van der Waals surface area contributed by atoms with E-state index in [1.54, 1.807) is 0 Å². The Morgan fingerprint density at radius 1 is 1.58 bits per heavy atom. The zero-order valence-electron chi connectivity index (χ0n) is 8.03. The maximum absolute atomic E-state index is 8.99. The van der Waals surface area contributed by atoms with Crippen molar-refractivity contribution in [3.05, 3.63) is 0 Å². The van der Waals surface area contributed by atoms with Crippen LogP contribution >= 0.6 is 0 Å². The lowest BCUT2D eigenvalue weighted by Crippen LogP contribution is -2.51. The fourth-order valence-electron chi connectivity index (χ4n) is 1.75. The van der Waals surface area contributed by atoms with Crippen molar-refractivity contribution in [2.24, 2.45) is 11.7 Å². The number of hydrogen-bond acceptors (Lipinski definition) is 3. The maximum Gasteiger partial charge on any atom is 0.0475 e. The fourth-order valence-corrected chi connectivity index (χ4v) is 1.75. The van der Waals surface area contributed by atoms with E-state index in [-0.39, 0.29) is 12.6 Å². The standard InChI is InChI=1S/C9H20N2O/c1-7(2)11-4-3-8(6-12)9(10)5-11/h7-9,12H,3-6,10H2,1-2H3/t8-,9+/m0/s1. The summed E-state index contributed by atoms with van der Waals surface area (Å²) in [6.45, 7) is 6.63. The van der Waals surface area contributed by atoms with E-state index < -0.39 is 0 Å². The van der Waals surface area contributed by atoms with Crippen LogP contribution in [0.1, 0.15) is 20.3 Å². The number of piperidine rings is 1. The van der Waals surface area contributed by atoms with Crippen LogP contribution in [0.2, 0.25) is 0 Å². The second kappa shape index (κ2) is 4.21. The molecule has 72 valence electrons. The van der Waals surface area contributed by atoms with E-state index in [0.29, 0.717) is 12.0 Å². The van der Waals surface area contributed by atoms with Gasteiger partial charge in [-0.25, -0.2) is 0 Å². The van der Waals surface area contributed by atoms with E-state index >= 15 is 0 Å². The average Bonchev–Trinajstić information content (AvgIpc) is 2.04. The Morgan fingerprint density at radius 2 is 2.25 bits per heavy atom. The van der Waals surface area contributed by atoms with E-state index in [4.69, 9.17) is 10.8 Å². The molecular weight excluding hydrogens is 152 g/mol. The Hall–Kier alpha value is -0.120. The van der Waals surface area contributed by atoms with E-state index in [9.17, 15) is 0 Å². The minimum Gasteiger partial charge on any atom is -0.396 e. The summed E-state index contributed by atoms with van der Waals surface area (Å²) in [5.41, 5.74) is 5.92. The minimum atomic E-state index is 0.158. The van der Waals surface area contributed by atoms with Gasteiger partial charge in [-0.1, -0.05) is 0 Å². The van der Waals surface area contributed by atoms with Crippen LogP contribution in [0.4, 0.5) is 0 Å². The molecule has 0 amide bonds. The van der Waals surface area contributed by atoms with Gasteiger partial charge in [-0.15, -0.1) is 0 Å². The summed E-state index contributed by atoms with van der Waals surface area (Å²) in [5, 5.41) is 8.99. The molecule has 1 heterocycles. The second-order valence-electron chi connectivity index (χ2n) is 3.98. The van der Waals surface area contributed by atoms with Crippen LogP contribution in [-0.2, 0) is 0 Å². The predicted molar refractivity (Wildman–Crippen MR) is 49.9 cm³/mol. The van der Waals surface area contributed by atoms with Crippen LogP contribution < -0.4 is 5.73 Å². The first-order valence-corrected chi connectivity index (χ1v) is 4.75. The summed E-state index contributed by atoms with van der Waals surface area (Å²) in [6.07, 6.45) is 1.04. The molecule has 0 unspecified atom stereocenters. The van der Waals surface area contributed by atoms with Gasteiger partial charge >= 0.3 is 0 Å². The topological polar surface area (TPSA) is 49.5 Å². The highest BCUT2D eigenvalue weighted by molar-refractivity contribution is 4.83. The minimum absolute atomic E-state index is 0.158. The molecule has 12 heavy (non-hydrogen) atoms. The largest absolute Gasteiger partial charge is 0.396 e. The van der Waals surface area contributed by atoms with Gasteiger partial charge in [0.1, 0.15) is 0 Å². The number of aliphatic hydroxyl groups is 1. The average molecular weight is 172 g/mol. The van der Waals surface area contributed by atoms with Crippen molar-refractivity contribution in [1.29, 1.82) is 0 Å². The smallest absolute Gasteiger partial charge is 0.0475 e. The van der Waals surface area contributed by atoms with E-state index in [2.05, 4.69) is 18.7 Å². The first-order valence-electron chi connectivity index (χ1n) is 4.75. The second-order valence-corrected chi connectivity index (χ2v) is 3.98. The summed E-state index contributed by atoms with van der Waals surface area (Å²) in [5.74, 6) is 0.319. The molecule has 0 bridgehead atoms. The number of hydrogen-bond donors (Lipinski definition) is 2. The quantitative estimate of drug-likeness (QED) is 0.618. The molecular formula is C9H20N2O. The zero-order chi connectivity index (χ0) is 9.14. The zero-order valence-corrected chi connectivity index (χ0v) is 8.03. The van der Waals surface area contributed by atoms with Gasteiger partial charge in [0.05, 0.1) is 0 Å². The van der Waals surface area contributed by atoms with Gasteiger partial charge in [0, 0.05) is 25.2 Å². The molecule has 1 aliphatic rings. The maximum atomic E-state index is 8.99.